The van der Waals surface area contributed by atoms with Crippen molar-refractivity contribution >= 4 is 15.9 Å². The van der Waals surface area contributed by atoms with Crippen LogP contribution in [0.15, 0.2) is 22.7 Å². The second-order valence-electron chi connectivity index (χ2n) is 2.68. The number of aryl methyl sites for hydroxylation is 1. The first kappa shape index (κ1) is 8.75. The highest BCUT2D eigenvalue weighted by Gasteiger charge is 1.94. The van der Waals surface area contributed by atoms with Gasteiger partial charge in [-0.25, -0.2) is 0 Å². The summed E-state index contributed by atoms with van der Waals surface area (Å²) in [5.41, 5.74) is 8.03. The van der Waals surface area contributed by atoms with Crippen LogP contribution in [0.5, 0.6) is 0 Å². The van der Waals surface area contributed by atoms with E-state index in [1.54, 1.807) is 0 Å². The van der Waals surface area contributed by atoms with Crippen LogP contribution in [0.1, 0.15) is 11.1 Å². The molecule has 1 nitrogen and oxygen atoms in total. The molecule has 0 saturated heterocycles. The van der Waals surface area contributed by atoms with Crippen LogP contribution in [0.4, 0.5) is 0 Å². The van der Waals surface area contributed by atoms with E-state index in [1.165, 1.54) is 11.1 Å². The SMILES string of the molecule is Cc1cc(Br)cc(CCN)c1. The van der Waals surface area contributed by atoms with E-state index in [1.807, 2.05) is 0 Å². The molecule has 1 aromatic carbocycles. The van der Waals surface area contributed by atoms with E-state index >= 15 is 0 Å². The molecule has 1 rings (SSSR count). The van der Waals surface area contributed by atoms with Gasteiger partial charge in [-0.3, -0.25) is 0 Å². The molecule has 2 N–H and O–H groups in total. The summed E-state index contributed by atoms with van der Waals surface area (Å²) in [5, 5.41) is 0. The van der Waals surface area contributed by atoms with Gasteiger partial charge in [-0.15, -0.1) is 0 Å². The minimum Gasteiger partial charge on any atom is -0.330 e. The topological polar surface area (TPSA) is 26.0 Å². The van der Waals surface area contributed by atoms with Crippen LogP contribution in [0, 0.1) is 6.92 Å². The number of hydrogen-bond donors (Lipinski definition) is 1. The molecule has 0 radical (unpaired) electrons. The Bertz CT molecular complexity index is 225. The van der Waals surface area contributed by atoms with Crippen molar-refractivity contribution in [1.29, 1.82) is 0 Å². The summed E-state index contributed by atoms with van der Waals surface area (Å²) >= 11 is 3.44. The maximum Gasteiger partial charge on any atom is 0.0180 e. The van der Waals surface area contributed by atoms with E-state index in [2.05, 4.69) is 41.1 Å². The van der Waals surface area contributed by atoms with Crippen LogP contribution in [0.3, 0.4) is 0 Å². The fourth-order valence-corrected chi connectivity index (χ4v) is 1.78. The van der Waals surface area contributed by atoms with Crippen molar-refractivity contribution < 1.29 is 0 Å². The lowest BCUT2D eigenvalue weighted by molar-refractivity contribution is 0.965. The molecule has 0 bridgehead atoms. The van der Waals surface area contributed by atoms with Gasteiger partial charge in [0.05, 0.1) is 0 Å². The maximum atomic E-state index is 5.45. The predicted octanol–water partition coefficient (Wildman–Crippen LogP) is 2.26. The van der Waals surface area contributed by atoms with Gasteiger partial charge < -0.3 is 5.73 Å². The summed E-state index contributed by atoms with van der Waals surface area (Å²) in [6, 6.07) is 6.37. The van der Waals surface area contributed by atoms with Crippen LogP contribution < -0.4 is 5.73 Å². The minimum atomic E-state index is 0.718. The molecule has 11 heavy (non-hydrogen) atoms. The third-order valence-corrected chi connectivity index (χ3v) is 1.99. The normalized spacial score (nSPS) is 10.1. The van der Waals surface area contributed by atoms with E-state index < -0.39 is 0 Å². The molecule has 0 atom stereocenters. The lowest BCUT2D eigenvalue weighted by Gasteiger charge is -2.01. The van der Waals surface area contributed by atoms with Gasteiger partial charge in [-0.2, -0.15) is 0 Å². The second kappa shape index (κ2) is 3.88. The lowest BCUT2D eigenvalue weighted by atomic mass is 10.1. The fourth-order valence-electron chi connectivity index (χ4n) is 1.12. The number of hydrogen-bond acceptors (Lipinski definition) is 1. The molecule has 0 amide bonds. The van der Waals surface area contributed by atoms with Crippen LogP contribution in [0.25, 0.3) is 0 Å². The molecule has 60 valence electrons. The van der Waals surface area contributed by atoms with E-state index in [-0.39, 0.29) is 0 Å². The average Bonchev–Trinajstić information content (AvgIpc) is 1.85. The van der Waals surface area contributed by atoms with E-state index in [4.69, 9.17) is 5.73 Å². The van der Waals surface area contributed by atoms with Crippen molar-refractivity contribution in [2.45, 2.75) is 13.3 Å². The molecule has 1 aromatic rings. The molecule has 0 saturated carbocycles. The quantitative estimate of drug-likeness (QED) is 0.802. The third kappa shape index (κ3) is 2.64. The molecule has 0 aliphatic rings. The van der Waals surface area contributed by atoms with Gasteiger partial charge in [-0.1, -0.05) is 22.0 Å². The molecular formula is C9H12BrN. The van der Waals surface area contributed by atoms with Crippen LogP contribution in [-0.2, 0) is 6.42 Å². The summed E-state index contributed by atoms with van der Waals surface area (Å²) in [6.45, 7) is 2.81. The highest BCUT2D eigenvalue weighted by Crippen LogP contribution is 2.15. The Balaban J connectivity index is 2.89. The van der Waals surface area contributed by atoms with Crippen molar-refractivity contribution in [3.05, 3.63) is 33.8 Å². The minimum absolute atomic E-state index is 0.718. The Morgan fingerprint density at radius 1 is 1.36 bits per heavy atom. The standard InChI is InChI=1S/C9H12BrN/c1-7-4-8(2-3-11)6-9(10)5-7/h4-6H,2-3,11H2,1H3. The van der Waals surface area contributed by atoms with Gasteiger partial charge in [0, 0.05) is 4.47 Å². The molecule has 0 aliphatic heterocycles. The zero-order chi connectivity index (χ0) is 8.27. The first-order valence-electron chi connectivity index (χ1n) is 3.68. The first-order chi connectivity index (χ1) is 5.22. The molecular weight excluding hydrogens is 202 g/mol. The Labute approximate surface area is 75.7 Å². The maximum absolute atomic E-state index is 5.45. The monoisotopic (exact) mass is 213 g/mol. The van der Waals surface area contributed by atoms with Crippen molar-refractivity contribution in [1.82, 2.24) is 0 Å². The van der Waals surface area contributed by atoms with E-state index in [0.29, 0.717) is 0 Å². The average molecular weight is 214 g/mol. The summed E-state index contributed by atoms with van der Waals surface area (Å²) in [5.74, 6) is 0. The lowest BCUT2D eigenvalue weighted by Crippen LogP contribution is -2.02. The largest absolute Gasteiger partial charge is 0.330 e. The number of benzene rings is 1. The number of rotatable bonds is 2. The smallest absolute Gasteiger partial charge is 0.0180 e. The summed E-state index contributed by atoms with van der Waals surface area (Å²) < 4.78 is 1.14. The highest BCUT2D eigenvalue weighted by molar-refractivity contribution is 9.10. The number of halogens is 1. The van der Waals surface area contributed by atoms with Gasteiger partial charge >= 0.3 is 0 Å². The Morgan fingerprint density at radius 2 is 2.09 bits per heavy atom. The van der Waals surface area contributed by atoms with Gasteiger partial charge in [0.15, 0.2) is 0 Å². The molecule has 0 spiro atoms. The van der Waals surface area contributed by atoms with Crippen LogP contribution in [-0.4, -0.2) is 6.54 Å². The first-order valence-corrected chi connectivity index (χ1v) is 4.48. The van der Waals surface area contributed by atoms with E-state index in [9.17, 15) is 0 Å². The highest BCUT2D eigenvalue weighted by atomic mass is 79.9. The predicted molar refractivity (Wildman–Crippen MR) is 51.6 cm³/mol. The molecule has 0 heterocycles. The van der Waals surface area contributed by atoms with Crippen molar-refractivity contribution in [2.24, 2.45) is 5.73 Å². The molecule has 0 aliphatic carbocycles. The van der Waals surface area contributed by atoms with Crippen LogP contribution >= 0.6 is 15.9 Å². The van der Waals surface area contributed by atoms with Crippen molar-refractivity contribution in [3.63, 3.8) is 0 Å². The van der Waals surface area contributed by atoms with Crippen LogP contribution in [0.2, 0.25) is 0 Å². The van der Waals surface area contributed by atoms with Gasteiger partial charge in [-0.05, 0) is 43.1 Å². The molecule has 0 fully saturated rings. The third-order valence-electron chi connectivity index (χ3n) is 1.53. The molecule has 2 heteroatoms. The van der Waals surface area contributed by atoms with Crippen molar-refractivity contribution in [2.75, 3.05) is 6.54 Å². The summed E-state index contributed by atoms with van der Waals surface area (Å²) in [7, 11) is 0. The molecule has 0 aromatic heterocycles. The zero-order valence-electron chi connectivity index (χ0n) is 6.60. The molecule has 0 unspecified atom stereocenters. The van der Waals surface area contributed by atoms with Crippen molar-refractivity contribution in [3.8, 4) is 0 Å². The fraction of sp³-hybridized carbons (Fsp3) is 0.333. The van der Waals surface area contributed by atoms with E-state index in [0.717, 1.165) is 17.4 Å². The van der Waals surface area contributed by atoms with Gasteiger partial charge in [0.25, 0.3) is 0 Å². The zero-order valence-corrected chi connectivity index (χ0v) is 8.19. The Kier molecular flexibility index (Phi) is 3.09. The van der Waals surface area contributed by atoms with Gasteiger partial charge in [0.1, 0.15) is 0 Å². The Hall–Kier alpha value is -0.340. The number of nitrogens with two attached hydrogens (primary N) is 1. The second-order valence-corrected chi connectivity index (χ2v) is 3.59. The van der Waals surface area contributed by atoms with Gasteiger partial charge in [0.2, 0.25) is 0 Å². The Morgan fingerprint density at radius 3 is 2.64 bits per heavy atom. The summed E-state index contributed by atoms with van der Waals surface area (Å²) in [6.07, 6.45) is 0.959. The summed E-state index contributed by atoms with van der Waals surface area (Å²) in [4.78, 5) is 0.